The third kappa shape index (κ3) is 6.97. The largest absolute Gasteiger partial charge is 0.466 e. The number of halogens is 1. The lowest BCUT2D eigenvalue weighted by Crippen LogP contribution is -2.42. The summed E-state index contributed by atoms with van der Waals surface area (Å²) in [6, 6.07) is 7.18. The van der Waals surface area contributed by atoms with Gasteiger partial charge in [0.25, 0.3) is 5.91 Å². The Hall–Kier alpha value is -3.04. The SMILES string of the molecule is CCOC(=O)C1CCC(NC(=O)C2=CN(OCC)NC(c3ccc(C(=N)N)cc3)=C2)CC1.Cl. The molecule has 180 valence electrons. The number of nitrogens with one attached hydrogen (secondary N) is 3. The molecule has 0 atom stereocenters. The first-order chi connectivity index (χ1) is 15.4. The lowest BCUT2D eigenvalue weighted by atomic mass is 9.86. The molecule has 9 nitrogen and oxygen atoms in total. The van der Waals surface area contributed by atoms with Crippen LogP contribution in [0.1, 0.15) is 50.7 Å². The summed E-state index contributed by atoms with van der Waals surface area (Å²) >= 11 is 0. The van der Waals surface area contributed by atoms with Crippen molar-refractivity contribution in [2.75, 3.05) is 13.2 Å². The van der Waals surface area contributed by atoms with E-state index in [1.807, 2.05) is 26.0 Å². The number of hydrogen-bond donors (Lipinski definition) is 4. The first kappa shape index (κ1) is 26.2. The maximum Gasteiger partial charge on any atom is 0.308 e. The molecule has 1 aromatic rings. The fourth-order valence-electron chi connectivity index (χ4n) is 3.81. The predicted molar refractivity (Wildman–Crippen MR) is 128 cm³/mol. The Bertz CT molecular complexity index is 908. The lowest BCUT2D eigenvalue weighted by molar-refractivity contribution is -0.149. The first-order valence-corrected chi connectivity index (χ1v) is 11.0. The van der Waals surface area contributed by atoms with Crippen LogP contribution >= 0.6 is 12.4 Å². The maximum atomic E-state index is 13.0. The van der Waals surface area contributed by atoms with Crippen LogP contribution in [0.3, 0.4) is 0 Å². The van der Waals surface area contributed by atoms with E-state index in [-0.39, 0.29) is 42.1 Å². The van der Waals surface area contributed by atoms with Crippen LogP contribution in [0.5, 0.6) is 0 Å². The van der Waals surface area contributed by atoms with Gasteiger partial charge in [-0.15, -0.1) is 12.4 Å². The zero-order chi connectivity index (χ0) is 23.1. The van der Waals surface area contributed by atoms with E-state index < -0.39 is 0 Å². The second-order valence-corrected chi connectivity index (χ2v) is 7.76. The van der Waals surface area contributed by atoms with Crippen molar-refractivity contribution < 1.29 is 19.2 Å². The molecule has 3 rings (SSSR count). The lowest BCUT2D eigenvalue weighted by Gasteiger charge is -2.30. The summed E-state index contributed by atoms with van der Waals surface area (Å²) in [5.74, 6) is -0.433. The number of benzene rings is 1. The Morgan fingerprint density at radius 1 is 1.15 bits per heavy atom. The molecule has 0 radical (unpaired) electrons. The number of nitrogens with zero attached hydrogens (tertiary/aromatic N) is 1. The molecule has 1 aliphatic heterocycles. The molecule has 1 aliphatic carbocycles. The van der Waals surface area contributed by atoms with E-state index in [2.05, 4.69) is 10.7 Å². The van der Waals surface area contributed by atoms with Gasteiger partial charge in [-0.05, 0) is 51.2 Å². The van der Waals surface area contributed by atoms with Crippen LogP contribution in [0.2, 0.25) is 0 Å². The summed E-state index contributed by atoms with van der Waals surface area (Å²) in [7, 11) is 0. The van der Waals surface area contributed by atoms with Crippen LogP contribution in [0, 0.1) is 11.3 Å². The Labute approximate surface area is 200 Å². The van der Waals surface area contributed by atoms with Crippen LogP contribution in [0.15, 0.2) is 42.1 Å². The standard InChI is InChI=1S/C23H31N5O4.ClH/c1-3-31-23(30)17-9-11-19(12-10-17)26-22(29)18-13-20(27-28(14-18)32-4-2)15-5-7-16(8-6-15)21(24)25;/h5-8,13-14,17,19,27H,3-4,9-12H2,1-2H3,(H3,24,25)(H,26,29);1H. The molecular weight excluding hydrogens is 446 g/mol. The average molecular weight is 478 g/mol. The van der Waals surface area contributed by atoms with Crippen molar-refractivity contribution >= 4 is 35.8 Å². The van der Waals surface area contributed by atoms with Crippen molar-refractivity contribution in [3.63, 3.8) is 0 Å². The monoisotopic (exact) mass is 477 g/mol. The summed E-state index contributed by atoms with van der Waals surface area (Å²) in [5.41, 5.74) is 11.2. The third-order valence-corrected chi connectivity index (χ3v) is 5.51. The van der Waals surface area contributed by atoms with Crippen LogP contribution in [-0.2, 0) is 19.2 Å². The Kier molecular flexibility index (Phi) is 9.74. The molecule has 1 amide bonds. The Balaban J connectivity index is 0.00000385. The Morgan fingerprint density at radius 2 is 1.82 bits per heavy atom. The predicted octanol–water partition coefficient (Wildman–Crippen LogP) is 2.63. The van der Waals surface area contributed by atoms with E-state index in [4.69, 9.17) is 20.7 Å². The van der Waals surface area contributed by atoms with Crippen molar-refractivity contribution in [3.8, 4) is 0 Å². The Morgan fingerprint density at radius 3 is 2.39 bits per heavy atom. The molecule has 0 aromatic heterocycles. The molecule has 2 aliphatic rings. The van der Waals surface area contributed by atoms with Gasteiger partial charge in [0.2, 0.25) is 0 Å². The van der Waals surface area contributed by atoms with E-state index >= 15 is 0 Å². The highest BCUT2D eigenvalue weighted by Gasteiger charge is 2.29. The minimum absolute atomic E-state index is 0. The number of ether oxygens (including phenoxy) is 1. The fourth-order valence-corrected chi connectivity index (χ4v) is 3.81. The van der Waals surface area contributed by atoms with Crippen molar-refractivity contribution in [2.24, 2.45) is 11.7 Å². The molecule has 5 N–H and O–H groups in total. The summed E-state index contributed by atoms with van der Waals surface area (Å²) in [5, 5.41) is 12.0. The van der Waals surface area contributed by atoms with Crippen molar-refractivity contribution in [1.82, 2.24) is 15.9 Å². The van der Waals surface area contributed by atoms with Gasteiger partial charge in [0.1, 0.15) is 5.84 Å². The van der Waals surface area contributed by atoms with Gasteiger partial charge in [-0.25, -0.2) is 0 Å². The average Bonchev–Trinajstić information content (AvgIpc) is 2.79. The van der Waals surface area contributed by atoms with Gasteiger partial charge in [-0.2, -0.15) is 5.17 Å². The number of carbonyl (C=O) groups excluding carboxylic acids is 2. The molecule has 0 spiro atoms. The van der Waals surface area contributed by atoms with E-state index in [9.17, 15) is 9.59 Å². The quantitative estimate of drug-likeness (QED) is 0.257. The number of hydrazine groups is 1. The molecule has 1 heterocycles. The zero-order valence-corrected chi connectivity index (χ0v) is 19.7. The maximum absolute atomic E-state index is 13.0. The number of hydrogen-bond acceptors (Lipinski definition) is 7. The van der Waals surface area contributed by atoms with Gasteiger partial charge >= 0.3 is 5.97 Å². The zero-order valence-electron chi connectivity index (χ0n) is 18.9. The van der Waals surface area contributed by atoms with Gasteiger partial charge in [-0.3, -0.25) is 25.3 Å². The van der Waals surface area contributed by atoms with Crippen LogP contribution in [-0.4, -0.2) is 42.1 Å². The molecule has 0 saturated heterocycles. The van der Waals surface area contributed by atoms with E-state index in [0.717, 1.165) is 18.4 Å². The number of rotatable bonds is 8. The van der Waals surface area contributed by atoms with Crippen molar-refractivity contribution in [3.05, 3.63) is 53.2 Å². The van der Waals surface area contributed by atoms with E-state index in [1.165, 1.54) is 5.17 Å². The topological polar surface area (TPSA) is 130 Å². The highest BCUT2D eigenvalue weighted by atomic mass is 35.5. The minimum Gasteiger partial charge on any atom is -0.466 e. The summed E-state index contributed by atoms with van der Waals surface area (Å²) in [6.45, 7) is 4.48. The molecule has 1 aromatic carbocycles. The van der Waals surface area contributed by atoms with Gasteiger partial charge in [0.05, 0.1) is 36.6 Å². The smallest absolute Gasteiger partial charge is 0.308 e. The van der Waals surface area contributed by atoms with Gasteiger partial charge in [0, 0.05) is 11.6 Å². The molecular formula is C23H32ClN5O4. The van der Waals surface area contributed by atoms with Crippen molar-refractivity contribution in [1.29, 1.82) is 5.41 Å². The molecule has 33 heavy (non-hydrogen) atoms. The minimum atomic E-state index is -0.200. The number of amides is 1. The van der Waals surface area contributed by atoms with Crippen LogP contribution in [0.25, 0.3) is 5.70 Å². The first-order valence-electron chi connectivity index (χ1n) is 11.0. The number of hydroxylamine groups is 1. The van der Waals surface area contributed by atoms with Gasteiger partial charge in [0.15, 0.2) is 0 Å². The summed E-state index contributed by atoms with van der Waals surface area (Å²) < 4.78 is 5.11. The van der Waals surface area contributed by atoms with Crippen LogP contribution < -0.4 is 16.5 Å². The molecule has 1 saturated carbocycles. The highest BCUT2D eigenvalue weighted by Crippen LogP contribution is 2.26. The third-order valence-electron chi connectivity index (χ3n) is 5.51. The number of nitrogens with two attached hydrogens (primary N) is 1. The normalized spacial score (nSPS) is 19.9. The number of nitrogen functional groups attached to an aromatic ring is 1. The summed E-state index contributed by atoms with van der Waals surface area (Å²) in [6.07, 6.45) is 6.25. The second-order valence-electron chi connectivity index (χ2n) is 7.76. The fraction of sp³-hybridized carbons (Fsp3) is 0.435. The van der Waals surface area contributed by atoms with E-state index in [0.29, 0.717) is 42.9 Å². The van der Waals surface area contributed by atoms with Crippen molar-refractivity contribution in [2.45, 2.75) is 45.6 Å². The highest BCUT2D eigenvalue weighted by molar-refractivity contribution is 5.99. The molecule has 0 unspecified atom stereocenters. The number of amidine groups is 1. The molecule has 0 bridgehead atoms. The van der Waals surface area contributed by atoms with Gasteiger partial charge in [-0.1, -0.05) is 24.3 Å². The second kappa shape index (κ2) is 12.3. The van der Waals surface area contributed by atoms with Crippen LogP contribution in [0.4, 0.5) is 0 Å². The van der Waals surface area contributed by atoms with E-state index in [1.54, 1.807) is 24.4 Å². The molecule has 10 heteroatoms. The number of esters is 1. The number of carbonyl (C=O) groups is 2. The summed E-state index contributed by atoms with van der Waals surface area (Å²) in [4.78, 5) is 30.5. The van der Waals surface area contributed by atoms with Gasteiger partial charge < -0.3 is 15.8 Å². The molecule has 1 fully saturated rings.